The molecular formula is C12H22N2O2. The van der Waals surface area contributed by atoms with E-state index in [1.54, 1.807) is 19.0 Å². The first-order valence-electron chi connectivity index (χ1n) is 5.95. The van der Waals surface area contributed by atoms with E-state index in [9.17, 15) is 9.59 Å². The summed E-state index contributed by atoms with van der Waals surface area (Å²) in [6.07, 6.45) is 4.81. The number of carbonyl (C=O) groups is 2. The fraction of sp³-hybridized carbons (Fsp3) is 0.833. The molecule has 0 bridgehead atoms. The van der Waals surface area contributed by atoms with Crippen LogP contribution in [0.1, 0.15) is 32.1 Å². The standard InChI is InChI=1S/C12H22N2O2/c1-13(2)12(16)9-14(3)10-7-5-4-6-8-11(10)15/h10H,4-9H2,1-3H3. The van der Waals surface area contributed by atoms with Gasteiger partial charge in [0.1, 0.15) is 5.78 Å². The zero-order chi connectivity index (χ0) is 12.1. The highest BCUT2D eigenvalue weighted by molar-refractivity contribution is 5.85. The van der Waals surface area contributed by atoms with Gasteiger partial charge in [-0.25, -0.2) is 0 Å². The molecule has 1 aliphatic rings. The van der Waals surface area contributed by atoms with Crippen LogP contribution in [0.3, 0.4) is 0 Å². The molecule has 1 unspecified atom stereocenters. The molecule has 1 aliphatic carbocycles. The number of amides is 1. The third kappa shape index (κ3) is 3.59. The van der Waals surface area contributed by atoms with E-state index in [0.717, 1.165) is 25.7 Å². The van der Waals surface area contributed by atoms with Gasteiger partial charge in [-0.2, -0.15) is 0 Å². The molecule has 0 aromatic rings. The maximum absolute atomic E-state index is 11.8. The Kier molecular flexibility index (Phi) is 4.93. The van der Waals surface area contributed by atoms with Gasteiger partial charge in [0.05, 0.1) is 12.6 Å². The van der Waals surface area contributed by atoms with Gasteiger partial charge in [-0.3, -0.25) is 14.5 Å². The topological polar surface area (TPSA) is 40.6 Å². The average molecular weight is 226 g/mol. The van der Waals surface area contributed by atoms with Gasteiger partial charge < -0.3 is 4.90 Å². The van der Waals surface area contributed by atoms with Gasteiger partial charge in [0, 0.05) is 20.5 Å². The maximum atomic E-state index is 11.8. The van der Waals surface area contributed by atoms with Crippen molar-refractivity contribution < 1.29 is 9.59 Å². The van der Waals surface area contributed by atoms with Crippen molar-refractivity contribution in [2.75, 3.05) is 27.7 Å². The van der Waals surface area contributed by atoms with E-state index in [2.05, 4.69) is 0 Å². The number of rotatable bonds is 3. The van der Waals surface area contributed by atoms with E-state index in [0.29, 0.717) is 18.7 Å². The number of carbonyl (C=O) groups excluding carboxylic acids is 2. The minimum atomic E-state index is -0.0496. The minimum Gasteiger partial charge on any atom is -0.348 e. The predicted molar refractivity (Wildman–Crippen MR) is 63.2 cm³/mol. The quantitative estimate of drug-likeness (QED) is 0.672. The first-order valence-corrected chi connectivity index (χ1v) is 5.95. The molecule has 0 saturated heterocycles. The summed E-state index contributed by atoms with van der Waals surface area (Å²) in [5.74, 6) is 0.353. The fourth-order valence-electron chi connectivity index (χ4n) is 2.07. The van der Waals surface area contributed by atoms with Crippen molar-refractivity contribution in [1.29, 1.82) is 0 Å². The molecule has 4 nitrogen and oxygen atoms in total. The second kappa shape index (κ2) is 5.99. The van der Waals surface area contributed by atoms with Crippen LogP contribution < -0.4 is 0 Å². The van der Waals surface area contributed by atoms with Gasteiger partial charge >= 0.3 is 0 Å². The van der Waals surface area contributed by atoms with Gasteiger partial charge in [0.25, 0.3) is 0 Å². The van der Waals surface area contributed by atoms with Crippen molar-refractivity contribution in [2.24, 2.45) is 0 Å². The van der Waals surface area contributed by atoms with E-state index >= 15 is 0 Å². The van der Waals surface area contributed by atoms with Crippen LogP contribution in [0.4, 0.5) is 0 Å². The summed E-state index contributed by atoms with van der Waals surface area (Å²) in [6, 6.07) is -0.0496. The normalized spacial score (nSPS) is 22.0. The van der Waals surface area contributed by atoms with Crippen LogP contribution in [-0.4, -0.2) is 55.2 Å². The Bertz CT molecular complexity index is 264. The van der Waals surface area contributed by atoms with Crippen LogP contribution in [0, 0.1) is 0 Å². The lowest BCUT2D eigenvalue weighted by Crippen LogP contribution is -2.43. The minimum absolute atomic E-state index is 0.0496. The van der Waals surface area contributed by atoms with E-state index < -0.39 is 0 Å². The lowest BCUT2D eigenvalue weighted by atomic mass is 10.1. The number of Topliss-reactive ketones (excluding diaryl/α,β-unsaturated/α-hetero) is 1. The van der Waals surface area contributed by atoms with Crippen molar-refractivity contribution in [1.82, 2.24) is 9.80 Å². The molecule has 1 atom stereocenters. The highest BCUT2D eigenvalue weighted by atomic mass is 16.2. The summed E-state index contributed by atoms with van der Waals surface area (Å²) in [4.78, 5) is 26.9. The number of nitrogens with zero attached hydrogens (tertiary/aromatic N) is 2. The largest absolute Gasteiger partial charge is 0.348 e. The Morgan fingerprint density at radius 2 is 1.94 bits per heavy atom. The van der Waals surface area contributed by atoms with E-state index in [4.69, 9.17) is 0 Å². The van der Waals surface area contributed by atoms with Crippen molar-refractivity contribution in [3.8, 4) is 0 Å². The molecule has 0 heterocycles. The predicted octanol–water partition coefficient (Wildman–Crippen LogP) is 0.908. The third-order valence-corrected chi connectivity index (χ3v) is 3.19. The van der Waals surface area contributed by atoms with Gasteiger partial charge in [0.15, 0.2) is 0 Å². The summed E-state index contributed by atoms with van der Waals surface area (Å²) >= 11 is 0. The number of hydrogen-bond donors (Lipinski definition) is 0. The number of ketones is 1. The van der Waals surface area contributed by atoms with Crippen LogP contribution in [0.15, 0.2) is 0 Å². The van der Waals surface area contributed by atoms with Crippen molar-refractivity contribution in [2.45, 2.75) is 38.1 Å². The number of likely N-dealkylation sites (N-methyl/N-ethyl adjacent to an activating group) is 2. The molecule has 0 aromatic carbocycles. The first kappa shape index (κ1) is 13.2. The van der Waals surface area contributed by atoms with E-state index in [1.807, 2.05) is 11.9 Å². The van der Waals surface area contributed by atoms with E-state index in [1.165, 1.54) is 0 Å². The summed E-state index contributed by atoms with van der Waals surface area (Å²) in [5, 5.41) is 0. The Hall–Kier alpha value is -0.900. The zero-order valence-electron chi connectivity index (χ0n) is 10.5. The smallest absolute Gasteiger partial charge is 0.236 e. The average Bonchev–Trinajstić information content (AvgIpc) is 2.42. The van der Waals surface area contributed by atoms with Crippen LogP contribution in [0.25, 0.3) is 0 Å². The Morgan fingerprint density at radius 3 is 2.56 bits per heavy atom. The SMILES string of the molecule is CN(C)C(=O)CN(C)C1CCCCCC1=O. The highest BCUT2D eigenvalue weighted by Gasteiger charge is 2.25. The molecule has 0 aromatic heterocycles. The molecular weight excluding hydrogens is 204 g/mol. The molecule has 0 radical (unpaired) electrons. The molecule has 0 spiro atoms. The van der Waals surface area contributed by atoms with Crippen LogP contribution >= 0.6 is 0 Å². The molecule has 0 N–H and O–H groups in total. The Balaban J connectivity index is 2.53. The summed E-state index contributed by atoms with van der Waals surface area (Å²) < 4.78 is 0. The molecule has 0 aliphatic heterocycles. The molecule has 1 rings (SSSR count). The molecule has 1 fully saturated rings. The van der Waals surface area contributed by atoms with Crippen molar-refractivity contribution >= 4 is 11.7 Å². The highest BCUT2D eigenvalue weighted by Crippen LogP contribution is 2.18. The summed E-state index contributed by atoms with van der Waals surface area (Å²) in [6.45, 7) is 0.337. The zero-order valence-corrected chi connectivity index (χ0v) is 10.5. The summed E-state index contributed by atoms with van der Waals surface area (Å²) in [5.41, 5.74) is 0. The molecule has 92 valence electrons. The van der Waals surface area contributed by atoms with Gasteiger partial charge in [0.2, 0.25) is 5.91 Å². The fourth-order valence-corrected chi connectivity index (χ4v) is 2.07. The lowest BCUT2D eigenvalue weighted by molar-refractivity contribution is -0.131. The maximum Gasteiger partial charge on any atom is 0.236 e. The van der Waals surface area contributed by atoms with Crippen LogP contribution in [-0.2, 0) is 9.59 Å². The monoisotopic (exact) mass is 226 g/mol. The Labute approximate surface area is 97.6 Å². The second-order valence-corrected chi connectivity index (χ2v) is 4.78. The van der Waals surface area contributed by atoms with Crippen LogP contribution in [0.5, 0.6) is 0 Å². The van der Waals surface area contributed by atoms with Gasteiger partial charge in [-0.05, 0) is 19.9 Å². The third-order valence-electron chi connectivity index (χ3n) is 3.19. The Morgan fingerprint density at radius 1 is 1.25 bits per heavy atom. The summed E-state index contributed by atoms with van der Waals surface area (Å²) in [7, 11) is 5.35. The van der Waals surface area contributed by atoms with Gasteiger partial charge in [-0.15, -0.1) is 0 Å². The second-order valence-electron chi connectivity index (χ2n) is 4.78. The number of hydrogen-bond acceptors (Lipinski definition) is 3. The van der Waals surface area contributed by atoms with E-state index in [-0.39, 0.29) is 11.9 Å². The van der Waals surface area contributed by atoms with Crippen LogP contribution in [0.2, 0.25) is 0 Å². The lowest BCUT2D eigenvalue weighted by Gasteiger charge is -2.26. The van der Waals surface area contributed by atoms with Crippen molar-refractivity contribution in [3.05, 3.63) is 0 Å². The molecule has 16 heavy (non-hydrogen) atoms. The molecule has 1 saturated carbocycles. The molecule has 4 heteroatoms. The first-order chi connectivity index (χ1) is 7.52. The van der Waals surface area contributed by atoms with Crippen molar-refractivity contribution in [3.63, 3.8) is 0 Å². The molecule has 1 amide bonds. The van der Waals surface area contributed by atoms with Gasteiger partial charge in [-0.1, -0.05) is 12.8 Å².